The molecular formula is C24H24ClNOS2. The van der Waals surface area contributed by atoms with Crippen molar-refractivity contribution in [3.8, 4) is 0 Å². The zero-order chi connectivity index (χ0) is 20.5. The summed E-state index contributed by atoms with van der Waals surface area (Å²) in [4.78, 5) is 13.5. The number of hydrogen-bond acceptors (Lipinski definition) is 3. The largest absolute Gasteiger partial charge is 0.351 e. The number of amides is 1. The zero-order valence-electron chi connectivity index (χ0n) is 16.4. The van der Waals surface area contributed by atoms with E-state index in [1.165, 1.54) is 21.6 Å². The molecule has 0 atom stereocenters. The average Bonchev–Trinajstić information content (AvgIpc) is 2.74. The van der Waals surface area contributed by atoms with Crippen LogP contribution in [0.25, 0.3) is 0 Å². The Labute approximate surface area is 186 Å². The van der Waals surface area contributed by atoms with Gasteiger partial charge in [-0.2, -0.15) is 11.8 Å². The summed E-state index contributed by atoms with van der Waals surface area (Å²) in [6, 6.07) is 24.3. The van der Waals surface area contributed by atoms with Gasteiger partial charge in [-0.15, -0.1) is 11.8 Å². The fraction of sp³-hybridized carbons (Fsp3) is 0.208. The summed E-state index contributed by atoms with van der Waals surface area (Å²) in [6.45, 7) is 2.76. The topological polar surface area (TPSA) is 29.1 Å². The van der Waals surface area contributed by atoms with Crippen LogP contribution in [0.3, 0.4) is 0 Å². The molecule has 3 rings (SSSR count). The highest BCUT2D eigenvalue weighted by Crippen LogP contribution is 2.24. The van der Waals surface area contributed by atoms with Gasteiger partial charge < -0.3 is 5.32 Å². The van der Waals surface area contributed by atoms with E-state index in [1.54, 1.807) is 11.8 Å². The molecule has 0 fully saturated rings. The Balaban J connectivity index is 1.37. The van der Waals surface area contributed by atoms with Crippen molar-refractivity contribution in [3.05, 3.63) is 100 Å². The monoisotopic (exact) mass is 441 g/mol. The Bertz CT molecular complexity index is 909. The Kier molecular flexibility index (Phi) is 8.53. The van der Waals surface area contributed by atoms with E-state index in [2.05, 4.69) is 36.5 Å². The van der Waals surface area contributed by atoms with Crippen molar-refractivity contribution < 1.29 is 4.79 Å². The van der Waals surface area contributed by atoms with Gasteiger partial charge in [0, 0.05) is 39.3 Å². The molecule has 3 aromatic rings. The SMILES string of the molecule is Cc1ccc(CSCCNC(=O)c2ccc(CSc3ccc(Cl)cc3)cc2)cc1. The Hall–Kier alpha value is -1.88. The summed E-state index contributed by atoms with van der Waals surface area (Å²) in [5.41, 5.74) is 4.49. The van der Waals surface area contributed by atoms with Crippen LogP contribution in [0, 0.1) is 6.92 Å². The molecule has 3 aromatic carbocycles. The predicted molar refractivity (Wildman–Crippen MR) is 127 cm³/mol. The summed E-state index contributed by atoms with van der Waals surface area (Å²) in [7, 11) is 0. The molecule has 2 nitrogen and oxygen atoms in total. The zero-order valence-corrected chi connectivity index (χ0v) is 18.7. The first-order valence-corrected chi connectivity index (χ1v) is 12.0. The molecular weight excluding hydrogens is 418 g/mol. The molecule has 0 radical (unpaired) electrons. The van der Waals surface area contributed by atoms with Crippen LogP contribution in [0.2, 0.25) is 5.02 Å². The maximum atomic E-state index is 12.3. The quantitative estimate of drug-likeness (QED) is 0.299. The van der Waals surface area contributed by atoms with Crippen LogP contribution in [0.1, 0.15) is 27.0 Å². The van der Waals surface area contributed by atoms with Crippen LogP contribution < -0.4 is 5.32 Å². The maximum Gasteiger partial charge on any atom is 0.251 e. The molecule has 150 valence electrons. The molecule has 1 N–H and O–H groups in total. The molecule has 1 amide bonds. The summed E-state index contributed by atoms with van der Waals surface area (Å²) >= 11 is 9.50. The summed E-state index contributed by atoms with van der Waals surface area (Å²) in [6.07, 6.45) is 0. The summed E-state index contributed by atoms with van der Waals surface area (Å²) in [5.74, 6) is 2.71. The second-order valence-electron chi connectivity index (χ2n) is 6.73. The van der Waals surface area contributed by atoms with Crippen molar-refractivity contribution in [3.63, 3.8) is 0 Å². The highest BCUT2D eigenvalue weighted by atomic mass is 35.5. The molecule has 0 bridgehead atoms. The van der Waals surface area contributed by atoms with E-state index in [0.717, 1.165) is 22.3 Å². The molecule has 0 spiro atoms. The lowest BCUT2D eigenvalue weighted by Crippen LogP contribution is -2.25. The van der Waals surface area contributed by atoms with E-state index >= 15 is 0 Å². The van der Waals surface area contributed by atoms with E-state index < -0.39 is 0 Å². The van der Waals surface area contributed by atoms with E-state index in [-0.39, 0.29) is 5.91 Å². The van der Waals surface area contributed by atoms with Gasteiger partial charge in [0.2, 0.25) is 0 Å². The van der Waals surface area contributed by atoms with Crippen LogP contribution in [-0.2, 0) is 11.5 Å². The lowest BCUT2D eigenvalue weighted by Gasteiger charge is -2.07. The highest BCUT2D eigenvalue weighted by molar-refractivity contribution is 7.98. The van der Waals surface area contributed by atoms with Crippen LogP contribution in [0.5, 0.6) is 0 Å². The van der Waals surface area contributed by atoms with E-state index in [0.29, 0.717) is 12.1 Å². The van der Waals surface area contributed by atoms with Gasteiger partial charge in [-0.25, -0.2) is 0 Å². The number of halogens is 1. The number of hydrogen-bond donors (Lipinski definition) is 1. The number of thioether (sulfide) groups is 2. The molecule has 0 saturated heterocycles. The fourth-order valence-corrected chi connectivity index (χ4v) is 4.46. The third kappa shape index (κ3) is 7.46. The van der Waals surface area contributed by atoms with Crippen molar-refractivity contribution in [2.24, 2.45) is 0 Å². The lowest BCUT2D eigenvalue weighted by molar-refractivity contribution is 0.0956. The molecule has 0 aromatic heterocycles. The van der Waals surface area contributed by atoms with Gasteiger partial charge >= 0.3 is 0 Å². The van der Waals surface area contributed by atoms with Crippen molar-refractivity contribution in [1.29, 1.82) is 0 Å². The van der Waals surface area contributed by atoms with Crippen molar-refractivity contribution in [1.82, 2.24) is 5.32 Å². The van der Waals surface area contributed by atoms with E-state index in [1.807, 2.05) is 60.3 Å². The number of aryl methyl sites for hydroxylation is 1. The molecule has 0 aliphatic rings. The maximum absolute atomic E-state index is 12.3. The van der Waals surface area contributed by atoms with E-state index in [9.17, 15) is 4.79 Å². The highest BCUT2D eigenvalue weighted by Gasteiger charge is 2.05. The summed E-state index contributed by atoms with van der Waals surface area (Å²) in [5, 5.41) is 3.75. The molecule has 29 heavy (non-hydrogen) atoms. The third-order valence-corrected chi connectivity index (χ3v) is 6.72. The first-order valence-electron chi connectivity index (χ1n) is 9.49. The van der Waals surface area contributed by atoms with Gasteiger partial charge in [0.05, 0.1) is 0 Å². The molecule has 0 aliphatic heterocycles. The first kappa shape index (κ1) is 21.8. The van der Waals surface area contributed by atoms with Gasteiger partial charge in [-0.3, -0.25) is 4.79 Å². The Morgan fingerprint density at radius 3 is 2.17 bits per heavy atom. The minimum absolute atomic E-state index is 0.0159. The fourth-order valence-electron chi connectivity index (χ4n) is 2.66. The normalized spacial score (nSPS) is 10.7. The smallest absolute Gasteiger partial charge is 0.251 e. The first-order chi connectivity index (χ1) is 14.1. The molecule has 5 heteroatoms. The third-order valence-electron chi connectivity index (χ3n) is 4.36. The van der Waals surface area contributed by atoms with Gasteiger partial charge in [0.15, 0.2) is 0 Å². The molecule has 0 heterocycles. The number of rotatable bonds is 9. The Morgan fingerprint density at radius 2 is 1.48 bits per heavy atom. The molecule has 0 unspecified atom stereocenters. The van der Waals surface area contributed by atoms with Gasteiger partial charge in [-0.05, 0) is 54.4 Å². The number of carbonyl (C=O) groups is 1. The molecule has 0 saturated carbocycles. The van der Waals surface area contributed by atoms with Crippen LogP contribution in [-0.4, -0.2) is 18.2 Å². The molecule has 0 aliphatic carbocycles. The van der Waals surface area contributed by atoms with Gasteiger partial charge in [0.1, 0.15) is 0 Å². The number of carbonyl (C=O) groups excluding carboxylic acids is 1. The van der Waals surface area contributed by atoms with E-state index in [4.69, 9.17) is 11.6 Å². The Morgan fingerprint density at radius 1 is 0.862 bits per heavy atom. The number of nitrogens with one attached hydrogen (secondary N) is 1. The number of benzene rings is 3. The van der Waals surface area contributed by atoms with Gasteiger partial charge in [-0.1, -0.05) is 53.6 Å². The van der Waals surface area contributed by atoms with Gasteiger partial charge in [0.25, 0.3) is 5.91 Å². The second kappa shape index (κ2) is 11.3. The van der Waals surface area contributed by atoms with Crippen LogP contribution >= 0.6 is 35.1 Å². The lowest BCUT2D eigenvalue weighted by atomic mass is 10.1. The minimum Gasteiger partial charge on any atom is -0.351 e. The minimum atomic E-state index is -0.0159. The van der Waals surface area contributed by atoms with Crippen molar-refractivity contribution in [2.45, 2.75) is 23.3 Å². The summed E-state index contributed by atoms with van der Waals surface area (Å²) < 4.78 is 0. The average molecular weight is 442 g/mol. The predicted octanol–water partition coefficient (Wildman–Crippen LogP) is 6.60. The van der Waals surface area contributed by atoms with Crippen LogP contribution in [0.15, 0.2) is 77.7 Å². The van der Waals surface area contributed by atoms with Crippen LogP contribution in [0.4, 0.5) is 0 Å². The van der Waals surface area contributed by atoms with Crippen molar-refractivity contribution >= 4 is 41.0 Å². The standard InChI is InChI=1S/C24H24ClNOS2/c1-18-2-4-19(5-3-18)16-28-15-14-26-24(27)21-8-6-20(7-9-21)17-29-23-12-10-22(25)11-13-23/h2-13H,14-17H2,1H3,(H,26,27). The van der Waals surface area contributed by atoms with Crippen molar-refractivity contribution in [2.75, 3.05) is 12.3 Å². The second-order valence-corrected chi connectivity index (χ2v) is 9.32.